The van der Waals surface area contributed by atoms with Gasteiger partial charge in [-0.1, -0.05) is 6.07 Å². The van der Waals surface area contributed by atoms with E-state index in [1.165, 1.54) is 18.4 Å². The Morgan fingerprint density at radius 2 is 1.94 bits per heavy atom. The molecule has 0 bridgehead atoms. The van der Waals surface area contributed by atoms with Crippen molar-refractivity contribution in [3.63, 3.8) is 0 Å². The number of aliphatic hydroxyl groups is 1. The summed E-state index contributed by atoms with van der Waals surface area (Å²) in [5.74, 6) is -0.660. The van der Waals surface area contributed by atoms with E-state index in [2.05, 4.69) is 14.8 Å². The van der Waals surface area contributed by atoms with Crippen LogP contribution in [0, 0.1) is 12.3 Å². The summed E-state index contributed by atoms with van der Waals surface area (Å²) in [4.78, 5) is 32.6. The third kappa shape index (κ3) is 4.32. The van der Waals surface area contributed by atoms with Gasteiger partial charge >= 0.3 is 11.9 Å². The summed E-state index contributed by atoms with van der Waals surface area (Å²) in [7, 11) is 1.38. The molecule has 34 heavy (non-hydrogen) atoms. The van der Waals surface area contributed by atoms with Crippen LogP contribution in [-0.2, 0) is 16.1 Å². The number of likely N-dealkylation sites (tertiary alicyclic amines) is 1. The Morgan fingerprint density at radius 1 is 1.24 bits per heavy atom. The molecule has 1 aromatic carbocycles. The Hall–Kier alpha value is -2.49. The van der Waals surface area contributed by atoms with E-state index in [9.17, 15) is 14.7 Å². The first-order valence-corrected chi connectivity index (χ1v) is 12.8. The van der Waals surface area contributed by atoms with Gasteiger partial charge in [0.1, 0.15) is 6.61 Å². The fourth-order valence-corrected chi connectivity index (χ4v) is 6.41. The van der Waals surface area contributed by atoms with Crippen LogP contribution in [0.25, 0.3) is 0 Å². The number of piperidine rings is 2. The van der Waals surface area contributed by atoms with Gasteiger partial charge in [0.2, 0.25) is 0 Å². The van der Waals surface area contributed by atoms with Crippen molar-refractivity contribution in [1.29, 1.82) is 0 Å². The van der Waals surface area contributed by atoms with Crippen molar-refractivity contribution < 1.29 is 24.2 Å². The predicted octanol–water partition coefficient (Wildman–Crippen LogP) is 3.32. The van der Waals surface area contributed by atoms with E-state index in [1.54, 1.807) is 11.4 Å². The second kappa shape index (κ2) is 9.28. The maximum Gasteiger partial charge on any atom is 0.357 e. The molecule has 0 saturated carbocycles. The molecule has 1 aromatic heterocycles. The number of esters is 2. The minimum atomic E-state index is -0.578. The van der Waals surface area contributed by atoms with E-state index in [0.717, 1.165) is 73.7 Å². The van der Waals surface area contributed by atoms with E-state index in [0.29, 0.717) is 29.8 Å². The van der Waals surface area contributed by atoms with Gasteiger partial charge in [-0.2, -0.15) is 0 Å². The number of hydrogen-bond acceptors (Lipinski definition) is 9. The van der Waals surface area contributed by atoms with E-state index in [-0.39, 0.29) is 11.9 Å². The number of thiazole rings is 1. The van der Waals surface area contributed by atoms with Gasteiger partial charge in [-0.05, 0) is 68.3 Å². The number of β-amino-alcohol motifs (C(OH)–C–C–N with tert-alkyl or cyclic N) is 1. The Labute approximate surface area is 203 Å². The number of carbonyl (C=O) groups is 2. The lowest BCUT2D eigenvalue weighted by atomic mass is 9.71. The summed E-state index contributed by atoms with van der Waals surface area (Å²) in [5.41, 5.74) is 4.12. The van der Waals surface area contributed by atoms with Gasteiger partial charge in [-0.3, -0.25) is 0 Å². The maximum absolute atomic E-state index is 11.8. The molecular formula is C25H31N3O5S. The monoisotopic (exact) mass is 485 g/mol. The minimum Gasteiger partial charge on any atom is -0.464 e. The van der Waals surface area contributed by atoms with Crippen molar-refractivity contribution in [2.24, 2.45) is 5.41 Å². The summed E-state index contributed by atoms with van der Waals surface area (Å²) in [6, 6.07) is 3.66. The summed E-state index contributed by atoms with van der Waals surface area (Å²) >= 11 is 1.50. The molecule has 0 amide bonds. The van der Waals surface area contributed by atoms with E-state index in [1.807, 2.05) is 13.0 Å². The molecule has 1 atom stereocenters. The number of ether oxygens (including phenoxy) is 2. The van der Waals surface area contributed by atoms with Crippen LogP contribution in [0.4, 0.5) is 5.13 Å². The van der Waals surface area contributed by atoms with E-state index in [4.69, 9.17) is 9.47 Å². The van der Waals surface area contributed by atoms with Crippen LogP contribution in [0.1, 0.15) is 69.3 Å². The maximum atomic E-state index is 11.8. The quantitative estimate of drug-likeness (QED) is 0.645. The average molecular weight is 486 g/mol. The molecule has 9 heteroatoms. The van der Waals surface area contributed by atoms with Crippen LogP contribution in [0.5, 0.6) is 0 Å². The average Bonchev–Trinajstić information content (AvgIpc) is 3.49. The van der Waals surface area contributed by atoms with Crippen molar-refractivity contribution in [1.82, 2.24) is 9.88 Å². The van der Waals surface area contributed by atoms with Gasteiger partial charge in [0.15, 0.2) is 10.8 Å². The Bertz CT molecular complexity index is 1080. The number of hydrogen-bond donors (Lipinski definition) is 1. The molecular weight excluding hydrogens is 454 g/mol. The van der Waals surface area contributed by atoms with Crippen molar-refractivity contribution >= 4 is 28.4 Å². The van der Waals surface area contributed by atoms with Gasteiger partial charge in [-0.25, -0.2) is 14.6 Å². The minimum absolute atomic E-state index is 0.273. The van der Waals surface area contributed by atoms with Crippen molar-refractivity contribution in [3.8, 4) is 0 Å². The number of benzene rings is 1. The SMILES string of the molecule is COC(=O)c1csc(N2CCC3(CCN(CC(O)c4ccc5c(c4C)COC5=O)CC3)CC2)n1. The zero-order valence-corrected chi connectivity index (χ0v) is 20.5. The highest BCUT2D eigenvalue weighted by molar-refractivity contribution is 7.13. The Balaban J connectivity index is 1.14. The second-order valence-corrected chi connectivity index (χ2v) is 10.5. The predicted molar refractivity (Wildman–Crippen MR) is 128 cm³/mol. The number of anilines is 1. The van der Waals surface area contributed by atoms with Gasteiger partial charge in [0.25, 0.3) is 0 Å². The molecule has 0 radical (unpaired) electrons. The van der Waals surface area contributed by atoms with Gasteiger partial charge in [0.05, 0.1) is 18.8 Å². The molecule has 182 valence electrons. The fourth-order valence-electron chi connectivity index (χ4n) is 5.56. The van der Waals surface area contributed by atoms with Crippen LogP contribution < -0.4 is 4.90 Å². The third-order valence-corrected chi connectivity index (χ3v) is 8.80. The number of fused-ring (bicyclic) bond motifs is 1. The molecule has 8 nitrogen and oxygen atoms in total. The van der Waals surface area contributed by atoms with Crippen LogP contribution in [0.2, 0.25) is 0 Å². The summed E-state index contributed by atoms with van der Waals surface area (Å²) in [5, 5.41) is 13.6. The van der Waals surface area contributed by atoms with Gasteiger partial charge in [-0.15, -0.1) is 11.3 Å². The third-order valence-electron chi connectivity index (χ3n) is 7.90. The van der Waals surface area contributed by atoms with Crippen LogP contribution in [-0.4, -0.2) is 66.8 Å². The molecule has 5 rings (SSSR count). The first kappa shape index (κ1) is 23.3. The van der Waals surface area contributed by atoms with Crippen molar-refractivity contribution in [2.75, 3.05) is 44.7 Å². The smallest absolute Gasteiger partial charge is 0.357 e. The zero-order chi connectivity index (χ0) is 23.9. The molecule has 2 aromatic rings. The molecule has 1 unspecified atom stereocenters. The van der Waals surface area contributed by atoms with E-state index < -0.39 is 6.10 Å². The first-order valence-electron chi connectivity index (χ1n) is 11.9. The molecule has 0 aliphatic carbocycles. The molecule has 1 spiro atoms. The van der Waals surface area contributed by atoms with Crippen LogP contribution in [0.3, 0.4) is 0 Å². The highest BCUT2D eigenvalue weighted by Crippen LogP contribution is 2.43. The summed E-state index contributed by atoms with van der Waals surface area (Å²) in [6.45, 7) is 6.73. The highest BCUT2D eigenvalue weighted by atomic mass is 32.1. The molecule has 2 saturated heterocycles. The lowest BCUT2D eigenvalue weighted by Crippen LogP contribution is -2.47. The van der Waals surface area contributed by atoms with Crippen molar-refractivity contribution in [2.45, 2.75) is 45.3 Å². The van der Waals surface area contributed by atoms with Gasteiger partial charge < -0.3 is 24.4 Å². The standard InChI is InChI=1S/C25H31N3O5S/c1-16-17(3-4-18-19(16)14-33-22(18)30)21(29)13-27-9-5-25(6-10-27)7-11-28(12-8-25)24-26-20(15-34-24)23(31)32-2/h3-4,15,21,29H,5-14H2,1-2H3. The van der Waals surface area contributed by atoms with Crippen LogP contribution >= 0.6 is 11.3 Å². The lowest BCUT2D eigenvalue weighted by molar-refractivity contribution is 0.0448. The zero-order valence-electron chi connectivity index (χ0n) is 19.7. The number of rotatable bonds is 5. The molecule has 3 aliphatic heterocycles. The second-order valence-electron chi connectivity index (χ2n) is 9.69. The lowest BCUT2D eigenvalue weighted by Gasteiger charge is -2.47. The molecule has 3 aliphatic rings. The highest BCUT2D eigenvalue weighted by Gasteiger charge is 2.38. The number of aliphatic hydroxyl groups excluding tert-OH is 1. The number of cyclic esters (lactones) is 1. The number of nitrogens with zero attached hydrogens (tertiary/aromatic N) is 3. The normalized spacial score (nSPS) is 20.8. The molecule has 4 heterocycles. The molecule has 1 N–H and O–H groups in total. The number of methoxy groups -OCH3 is 1. The molecule has 2 fully saturated rings. The largest absolute Gasteiger partial charge is 0.464 e. The van der Waals surface area contributed by atoms with Gasteiger partial charge in [0, 0.05) is 30.6 Å². The summed E-state index contributed by atoms with van der Waals surface area (Å²) < 4.78 is 9.91. The van der Waals surface area contributed by atoms with E-state index >= 15 is 0 Å². The number of carbonyl (C=O) groups excluding carboxylic acids is 2. The fraction of sp³-hybridized carbons (Fsp3) is 0.560. The van der Waals surface area contributed by atoms with Crippen molar-refractivity contribution in [3.05, 3.63) is 45.5 Å². The first-order chi connectivity index (χ1) is 16.4. The topological polar surface area (TPSA) is 92.2 Å². The Morgan fingerprint density at radius 3 is 2.65 bits per heavy atom. The number of aromatic nitrogens is 1. The van der Waals surface area contributed by atoms with Crippen LogP contribution in [0.15, 0.2) is 17.5 Å². The summed E-state index contributed by atoms with van der Waals surface area (Å²) in [6.07, 6.45) is 3.92. The Kier molecular flexibility index (Phi) is 6.35.